The summed E-state index contributed by atoms with van der Waals surface area (Å²) in [7, 11) is 0. The number of benzene rings is 3. The molecule has 0 aliphatic heterocycles. The topological polar surface area (TPSA) is 72.0 Å². The Labute approximate surface area is 199 Å². The second kappa shape index (κ2) is 9.00. The molecule has 0 radical (unpaired) electrons. The third-order valence-corrected chi connectivity index (χ3v) is 5.55. The monoisotopic (exact) mass is 507 g/mol. The first-order chi connectivity index (χ1) is 16.1. The Morgan fingerprint density at radius 3 is 2.24 bits per heavy atom. The second-order valence-corrected chi connectivity index (χ2v) is 7.80. The van der Waals surface area contributed by atoms with Gasteiger partial charge in [0, 0.05) is 23.5 Å². The number of fused-ring (bicyclic) bond motifs is 1. The Hall–Kier alpha value is -3.56. The minimum Gasteiger partial charge on any atom is -0.321 e. The first kappa shape index (κ1) is 23.6. The predicted molar refractivity (Wildman–Crippen MR) is 119 cm³/mol. The van der Waals surface area contributed by atoms with Crippen molar-refractivity contribution in [3.8, 4) is 0 Å². The zero-order valence-electron chi connectivity index (χ0n) is 16.8. The van der Waals surface area contributed by atoms with Crippen molar-refractivity contribution in [2.24, 2.45) is 0 Å². The lowest BCUT2D eigenvalue weighted by Gasteiger charge is -2.13. The van der Waals surface area contributed by atoms with E-state index in [1.807, 2.05) is 0 Å². The van der Waals surface area contributed by atoms with Crippen LogP contribution in [0.3, 0.4) is 0 Å². The molecule has 3 aromatic carbocycles. The summed E-state index contributed by atoms with van der Waals surface area (Å²) in [5, 5.41) is 1.32. The van der Waals surface area contributed by atoms with E-state index in [9.17, 15) is 27.2 Å². The van der Waals surface area contributed by atoms with Crippen molar-refractivity contribution in [2.45, 2.75) is 6.18 Å². The van der Waals surface area contributed by atoms with Gasteiger partial charge < -0.3 is 5.32 Å². The van der Waals surface area contributed by atoms with Crippen molar-refractivity contribution < 1.29 is 27.2 Å². The molecule has 0 aliphatic rings. The number of aromatic nitrogens is 2. The molecule has 4 aromatic rings. The molecule has 1 N–H and O–H groups in total. The van der Waals surface area contributed by atoms with Crippen molar-refractivity contribution in [3.63, 3.8) is 0 Å². The Bertz CT molecular complexity index is 1460. The van der Waals surface area contributed by atoms with E-state index in [2.05, 4.69) is 15.3 Å². The van der Waals surface area contributed by atoms with Crippen LogP contribution in [-0.4, -0.2) is 21.7 Å². The van der Waals surface area contributed by atoms with E-state index in [4.69, 9.17) is 23.2 Å². The summed E-state index contributed by atoms with van der Waals surface area (Å²) in [6.45, 7) is 0. The molecule has 11 heteroatoms. The maximum Gasteiger partial charge on any atom is 0.417 e. The number of hydrogen-bond acceptors (Lipinski definition) is 4. The lowest BCUT2D eigenvalue weighted by Crippen LogP contribution is -2.16. The number of amides is 1. The SMILES string of the molecule is O=C(Nc1ccc(F)c(C(=O)c2ccc3nccnc3c2)c1Cl)c1ccc(Cl)c(C(F)(F)F)c1. The van der Waals surface area contributed by atoms with Gasteiger partial charge in [0.2, 0.25) is 0 Å². The lowest BCUT2D eigenvalue weighted by molar-refractivity contribution is -0.137. The van der Waals surface area contributed by atoms with Crippen molar-refractivity contribution in [2.75, 3.05) is 5.32 Å². The fourth-order valence-electron chi connectivity index (χ4n) is 3.18. The molecule has 0 unspecified atom stereocenters. The van der Waals surface area contributed by atoms with Gasteiger partial charge in [-0.25, -0.2) is 4.39 Å². The molecule has 0 saturated carbocycles. The van der Waals surface area contributed by atoms with Gasteiger partial charge in [-0.1, -0.05) is 23.2 Å². The number of nitrogens with zero attached hydrogens (tertiary/aromatic N) is 2. The molecule has 5 nitrogen and oxygen atoms in total. The maximum absolute atomic E-state index is 14.6. The van der Waals surface area contributed by atoms with Crippen LogP contribution in [0.15, 0.2) is 60.9 Å². The third kappa shape index (κ3) is 4.57. The number of anilines is 1. The van der Waals surface area contributed by atoms with Crippen molar-refractivity contribution in [1.82, 2.24) is 9.97 Å². The highest BCUT2D eigenvalue weighted by atomic mass is 35.5. The molecule has 0 fully saturated rings. The molecule has 1 aromatic heterocycles. The number of carbonyl (C=O) groups is 2. The Balaban J connectivity index is 1.67. The molecule has 34 heavy (non-hydrogen) atoms. The van der Waals surface area contributed by atoms with Crippen LogP contribution in [-0.2, 0) is 6.18 Å². The molecule has 172 valence electrons. The number of rotatable bonds is 4. The molecule has 0 saturated heterocycles. The van der Waals surface area contributed by atoms with Gasteiger partial charge >= 0.3 is 6.18 Å². The molecule has 4 rings (SSSR count). The van der Waals surface area contributed by atoms with E-state index >= 15 is 0 Å². The largest absolute Gasteiger partial charge is 0.417 e. The summed E-state index contributed by atoms with van der Waals surface area (Å²) in [4.78, 5) is 33.8. The number of alkyl halides is 3. The third-order valence-electron chi connectivity index (χ3n) is 4.83. The van der Waals surface area contributed by atoms with Crippen molar-refractivity contribution in [1.29, 1.82) is 0 Å². The number of halogens is 6. The van der Waals surface area contributed by atoms with Crippen LogP contribution in [0.2, 0.25) is 10.0 Å². The van der Waals surface area contributed by atoms with Crippen LogP contribution in [0.1, 0.15) is 31.8 Å². The van der Waals surface area contributed by atoms with Gasteiger partial charge in [-0.05, 0) is 48.5 Å². The zero-order valence-corrected chi connectivity index (χ0v) is 18.3. The standard InChI is InChI=1S/C23H11Cl2F4N3O2/c24-14-3-1-12(9-13(14)23(27,28)29)22(34)32-17-6-4-15(26)19(20(17)25)21(33)11-2-5-16-18(10-11)31-8-7-30-16/h1-10H,(H,32,34). The van der Waals surface area contributed by atoms with Crippen molar-refractivity contribution in [3.05, 3.63) is 99.0 Å². The van der Waals surface area contributed by atoms with Gasteiger partial charge in [-0.15, -0.1) is 0 Å². The molecule has 1 heterocycles. The Morgan fingerprint density at radius 1 is 0.853 bits per heavy atom. The molecular weight excluding hydrogens is 497 g/mol. The number of nitrogens with one attached hydrogen (secondary N) is 1. The quantitative estimate of drug-likeness (QED) is 0.250. The van der Waals surface area contributed by atoms with Gasteiger partial charge in [0.15, 0.2) is 5.78 Å². The summed E-state index contributed by atoms with van der Waals surface area (Å²) in [5.41, 5.74) is -1.24. The van der Waals surface area contributed by atoms with Gasteiger partial charge in [0.25, 0.3) is 5.91 Å². The lowest BCUT2D eigenvalue weighted by atomic mass is 10.0. The smallest absolute Gasteiger partial charge is 0.321 e. The summed E-state index contributed by atoms with van der Waals surface area (Å²) in [6, 6.07) is 8.99. The highest BCUT2D eigenvalue weighted by molar-refractivity contribution is 6.38. The highest BCUT2D eigenvalue weighted by Gasteiger charge is 2.34. The van der Waals surface area contributed by atoms with Gasteiger partial charge in [0.05, 0.1) is 37.9 Å². The molecule has 0 bridgehead atoms. The van der Waals surface area contributed by atoms with Gasteiger partial charge in [0.1, 0.15) is 5.82 Å². The normalized spacial score (nSPS) is 11.5. The van der Waals surface area contributed by atoms with Crippen LogP contribution in [0.4, 0.5) is 23.2 Å². The summed E-state index contributed by atoms with van der Waals surface area (Å²) in [5.74, 6) is -2.69. The molecule has 0 spiro atoms. The van der Waals surface area contributed by atoms with Crippen molar-refractivity contribution >= 4 is 51.6 Å². The van der Waals surface area contributed by atoms with E-state index in [-0.39, 0.29) is 16.8 Å². The molecule has 1 amide bonds. The first-order valence-corrected chi connectivity index (χ1v) is 10.2. The minimum absolute atomic E-state index is 0.0739. The van der Waals surface area contributed by atoms with Gasteiger partial charge in [-0.3, -0.25) is 19.6 Å². The molecule has 0 atom stereocenters. The number of carbonyl (C=O) groups excluding carboxylic acids is 2. The van der Waals surface area contributed by atoms with Crippen LogP contribution in [0.5, 0.6) is 0 Å². The van der Waals surface area contributed by atoms with E-state index < -0.39 is 44.9 Å². The van der Waals surface area contributed by atoms with Gasteiger partial charge in [-0.2, -0.15) is 13.2 Å². The van der Waals surface area contributed by atoms with E-state index in [1.165, 1.54) is 30.6 Å². The van der Waals surface area contributed by atoms with Crippen LogP contribution in [0.25, 0.3) is 11.0 Å². The van der Waals surface area contributed by atoms with Crippen LogP contribution >= 0.6 is 23.2 Å². The summed E-state index contributed by atoms with van der Waals surface area (Å²) < 4.78 is 53.9. The number of ketones is 1. The molecular formula is C23H11Cl2F4N3O2. The van der Waals surface area contributed by atoms with Crippen LogP contribution < -0.4 is 5.32 Å². The maximum atomic E-state index is 14.6. The fourth-order valence-corrected chi connectivity index (χ4v) is 3.70. The van der Waals surface area contributed by atoms with E-state index in [1.54, 1.807) is 0 Å². The zero-order chi connectivity index (χ0) is 24.6. The predicted octanol–water partition coefficient (Wildman–Crippen LogP) is 6.58. The van der Waals surface area contributed by atoms with E-state index in [0.717, 1.165) is 24.3 Å². The summed E-state index contributed by atoms with van der Waals surface area (Å²) in [6.07, 6.45) is -1.86. The minimum atomic E-state index is -4.77. The van der Waals surface area contributed by atoms with Crippen LogP contribution in [0, 0.1) is 5.82 Å². The average molecular weight is 508 g/mol. The first-order valence-electron chi connectivity index (χ1n) is 9.48. The highest BCUT2D eigenvalue weighted by Crippen LogP contribution is 2.36. The van der Waals surface area contributed by atoms with E-state index in [0.29, 0.717) is 17.1 Å². The Morgan fingerprint density at radius 2 is 1.53 bits per heavy atom. The summed E-state index contributed by atoms with van der Waals surface area (Å²) >= 11 is 11.8. The average Bonchev–Trinajstić information content (AvgIpc) is 2.80. The second-order valence-electron chi connectivity index (χ2n) is 7.02. The number of hydrogen-bond donors (Lipinski definition) is 1. The molecule has 0 aliphatic carbocycles. The Kier molecular flexibility index (Phi) is 6.24. The fraction of sp³-hybridized carbons (Fsp3) is 0.0435.